The summed E-state index contributed by atoms with van der Waals surface area (Å²) in [7, 11) is 0. The number of rotatable bonds is 11. The predicted molar refractivity (Wildman–Crippen MR) is 186 cm³/mol. The predicted octanol–water partition coefficient (Wildman–Crippen LogP) is 6.05. The zero-order chi connectivity index (χ0) is 35.3. The molecule has 266 valence electrons. The van der Waals surface area contributed by atoms with E-state index in [9.17, 15) is 27.6 Å². The first kappa shape index (κ1) is 35.6. The standard InChI is InChI=1S/C40H47F3N4O3/c1-2-21-45-24-19-28(20-25-45)27-44-38(49)35-5-3-23-47(35)39(50)36-6-4-22-46(36)37(48)26-40(29-7-13-32(41)14-8-29,30-9-15-33(42)16-10-30)31-11-17-34(43)18-12-31/h7-18,28,35-36H,2-6,19-27H2,1H3,(H,44,49). The molecule has 0 aromatic heterocycles. The molecule has 0 radical (unpaired) electrons. The number of hydrogen-bond donors (Lipinski definition) is 1. The van der Waals surface area contributed by atoms with Crippen LogP contribution in [0.25, 0.3) is 0 Å². The first-order valence-corrected chi connectivity index (χ1v) is 18.1. The van der Waals surface area contributed by atoms with Crippen molar-refractivity contribution in [1.29, 1.82) is 0 Å². The van der Waals surface area contributed by atoms with Crippen LogP contribution in [-0.4, -0.2) is 83.8 Å². The molecular formula is C40H47F3N4O3. The summed E-state index contributed by atoms with van der Waals surface area (Å²) in [6, 6.07) is 16.0. The minimum Gasteiger partial charge on any atom is -0.354 e. The number of halogens is 3. The summed E-state index contributed by atoms with van der Waals surface area (Å²) in [6.07, 6.45) is 5.45. The molecule has 0 saturated carbocycles. The van der Waals surface area contributed by atoms with Crippen molar-refractivity contribution in [3.63, 3.8) is 0 Å². The number of nitrogens with zero attached hydrogens (tertiary/aromatic N) is 3. The average Bonchev–Trinajstić information content (AvgIpc) is 3.83. The van der Waals surface area contributed by atoms with E-state index in [2.05, 4.69) is 17.1 Å². The van der Waals surface area contributed by atoms with Gasteiger partial charge in [0.2, 0.25) is 17.7 Å². The van der Waals surface area contributed by atoms with Crippen LogP contribution in [0, 0.1) is 23.4 Å². The zero-order valence-corrected chi connectivity index (χ0v) is 28.8. The maximum atomic E-state index is 14.5. The van der Waals surface area contributed by atoms with Gasteiger partial charge >= 0.3 is 0 Å². The molecular weight excluding hydrogens is 641 g/mol. The maximum absolute atomic E-state index is 14.5. The summed E-state index contributed by atoms with van der Waals surface area (Å²) in [5.74, 6) is -1.63. The Morgan fingerprint density at radius 1 is 0.680 bits per heavy atom. The van der Waals surface area contributed by atoms with Crippen molar-refractivity contribution >= 4 is 17.7 Å². The highest BCUT2D eigenvalue weighted by atomic mass is 19.1. The van der Waals surface area contributed by atoms with E-state index in [1.807, 2.05) is 0 Å². The van der Waals surface area contributed by atoms with Crippen LogP contribution < -0.4 is 5.32 Å². The Bertz CT molecular complexity index is 1510. The van der Waals surface area contributed by atoms with Crippen LogP contribution in [0.2, 0.25) is 0 Å². The van der Waals surface area contributed by atoms with Crippen molar-refractivity contribution in [3.8, 4) is 0 Å². The van der Waals surface area contributed by atoms with Crippen molar-refractivity contribution in [2.75, 3.05) is 39.3 Å². The fraction of sp³-hybridized carbons (Fsp3) is 0.475. The molecule has 3 aromatic carbocycles. The summed E-state index contributed by atoms with van der Waals surface area (Å²) < 4.78 is 42.6. The third kappa shape index (κ3) is 7.60. The van der Waals surface area contributed by atoms with Crippen LogP contribution in [0.4, 0.5) is 13.2 Å². The number of benzene rings is 3. The van der Waals surface area contributed by atoms with Gasteiger partial charge in [0.25, 0.3) is 0 Å². The lowest BCUT2D eigenvalue weighted by Crippen LogP contribution is -2.54. The van der Waals surface area contributed by atoms with Gasteiger partial charge in [-0.2, -0.15) is 0 Å². The molecule has 3 aromatic rings. The van der Waals surface area contributed by atoms with Gasteiger partial charge in [0.05, 0.1) is 5.41 Å². The van der Waals surface area contributed by atoms with Crippen molar-refractivity contribution < 1.29 is 27.6 Å². The SMILES string of the molecule is CCCN1CCC(CNC(=O)C2CCCN2C(=O)C2CCCN2C(=O)CC(c2ccc(F)cc2)(c2ccc(F)cc2)c2ccc(F)cc2)CC1. The fourth-order valence-electron chi connectivity index (χ4n) is 8.25. The number of carbonyl (C=O) groups is 3. The molecule has 3 aliphatic rings. The number of carbonyl (C=O) groups excluding carboxylic acids is 3. The van der Waals surface area contributed by atoms with Crippen LogP contribution in [0.5, 0.6) is 0 Å². The molecule has 2 atom stereocenters. The van der Waals surface area contributed by atoms with Gasteiger partial charge in [-0.05, 0) is 124 Å². The second kappa shape index (κ2) is 15.8. The number of nitrogens with one attached hydrogen (secondary N) is 1. The Balaban J connectivity index is 1.22. The third-order valence-corrected chi connectivity index (χ3v) is 10.9. The molecule has 3 aliphatic heterocycles. The van der Waals surface area contributed by atoms with Crippen molar-refractivity contribution in [1.82, 2.24) is 20.0 Å². The largest absolute Gasteiger partial charge is 0.354 e. The van der Waals surface area contributed by atoms with E-state index < -0.39 is 35.0 Å². The summed E-state index contributed by atoms with van der Waals surface area (Å²) in [5.41, 5.74) is 0.463. The molecule has 3 fully saturated rings. The van der Waals surface area contributed by atoms with Crippen molar-refractivity contribution in [2.45, 2.75) is 75.8 Å². The molecule has 10 heteroatoms. The molecule has 3 amide bonds. The zero-order valence-electron chi connectivity index (χ0n) is 28.8. The van der Waals surface area contributed by atoms with Gasteiger partial charge in [0.1, 0.15) is 29.5 Å². The van der Waals surface area contributed by atoms with Crippen molar-refractivity contribution in [2.24, 2.45) is 5.92 Å². The monoisotopic (exact) mass is 688 g/mol. The highest BCUT2D eigenvalue weighted by Gasteiger charge is 2.45. The highest BCUT2D eigenvalue weighted by Crippen LogP contribution is 2.43. The Labute approximate surface area is 292 Å². The molecule has 50 heavy (non-hydrogen) atoms. The van der Waals surface area contributed by atoms with Crippen LogP contribution in [-0.2, 0) is 19.8 Å². The molecule has 6 rings (SSSR count). The Morgan fingerprint density at radius 2 is 1.16 bits per heavy atom. The molecule has 3 saturated heterocycles. The highest BCUT2D eigenvalue weighted by molar-refractivity contribution is 5.93. The number of piperidine rings is 1. The third-order valence-electron chi connectivity index (χ3n) is 10.9. The number of amides is 3. The first-order valence-electron chi connectivity index (χ1n) is 18.1. The van der Waals surface area contributed by atoms with Gasteiger partial charge < -0.3 is 20.0 Å². The second-order valence-electron chi connectivity index (χ2n) is 14.1. The molecule has 2 unspecified atom stereocenters. The second-order valence-corrected chi connectivity index (χ2v) is 14.1. The van der Waals surface area contributed by atoms with Crippen molar-refractivity contribution in [3.05, 3.63) is 107 Å². The normalized spacial score (nSPS) is 20.3. The van der Waals surface area contributed by atoms with Gasteiger partial charge in [-0.3, -0.25) is 14.4 Å². The quantitative estimate of drug-likeness (QED) is 0.249. The molecule has 1 N–H and O–H groups in total. The minimum atomic E-state index is -1.24. The Hall–Kier alpha value is -4.18. The topological polar surface area (TPSA) is 73.0 Å². The van der Waals surface area contributed by atoms with Crippen LogP contribution >= 0.6 is 0 Å². The van der Waals surface area contributed by atoms with Gasteiger partial charge in [-0.15, -0.1) is 0 Å². The van der Waals surface area contributed by atoms with E-state index in [1.165, 1.54) is 36.4 Å². The summed E-state index contributed by atoms with van der Waals surface area (Å²) >= 11 is 0. The van der Waals surface area contributed by atoms with Crippen LogP contribution in [0.3, 0.4) is 0 Å². The molecule has 0 bridgehead atoms. The summed E-state index contributed by atoms with van der Waals surface area (Å²) in [6.45, 7) is 6.79. The van der Waals surface area contributed by atoms with E-state index in [1.54, 1.807) is 46.2 Å². The van der Waals surface area contributed by atoms with Crippen LogP contribution in [0.15, 0.2) is 72.8 Å². The summed E-state index contributed by atoms with van der Waals surface area (Å²) in [4.78, 5) is 47.9. The first-order chi connectivity index (χ1) is 24.2. The molecule has 0 spiro atoms. The lowest BCUT2D eigenvalue weighted by atomic mass is 9.67. The maximum Gasteiger partial charge on any atom is 0.246 e. The average molecular weight is 689 g/mol. The van der Waals surface area contributed by atoms with E-state index >= 15 is 0 Å². The minimum absolute atomic E-state index is 0.134. The Kier molecular flexibility index (Phi) is 11.3. The van der Waals surface area contributed by atoms with E-state index in [0.29, 0.717) is 67.9 Å². The molecule has 0 aliphatic carbocycles. The summed E-state index contributed by atoms with van der Waals surface area (Å²) in [5, 5.41) is 3.14. The molecule has 3 heterocycles. The van der Waals surface area contributed by atoms with E-state index in [-0.39, 0.29) is 24.1 Å². The van der Waals surface area contributed by atoms with Gasteiger partial charge in [0, 0.05) is 26.1 Å². The molecule has 7 nitrogen and oxygen atoms in total. The van der Waals surface area contributed by atoms with E-state index in [4.69, 9.17) is 0 Å². The van der Waals surface area contributed by atoms with Gasteiger partial charge in [-0.1, -0.05) is 43.3 Å². The lowest BCUT2D eigenvalue weighted by Gasteiger charge is -2.38. The van der Waals surface area contributed by atoms with Gasteiger partial charge in [0.15, 0.2) is 0 Å². The number of likely N-dealkylation sites (tertiary alicyclic amines) is 3. The smallest absolute Gasteiger partial charge is 0.246 e. The van der Waals surface area contributed by atoms with Crippen LogP contribution in [0.1, 0.15) is 75.0 Å². The van der Waals surface area contributed by atoms with Gasteiger partial charge in [-0.25, -0.2) is 13.2 Å². The lowest BCUT2D eigenvalue weighted by molar-refractivity contribution is -0.146. The van der Waals surface area contributed by atoms with E-state index in [0.717, 1.165) is 38.9 Å². The number of hydrogen-bond acceptors (Lipinski definition) is 4. The fourth-order valence-corrected chi connectivity index (χ4v) is 8.25. The Morgan fingerprint density at radius 3 is 1.66 bits per heavy atom.